The predicted octanol–water partition coefficient (Wildman–Crippen LogP) is 7.71. The first-order valence-corrected chi connectivity index (χ1v) is 13.2. The maximum atomic E-state index is 11.4. The average molecular weight is 473 g/mol. The number of hydrogen-bond acceptors (Lipinski definition) is 3. The molecule has 0 atom stereocenters. The number of hydrogen-bond donors (Lipinski definition) is 2. The van der Waals surface area contributed by atoms with Crippen molar-refractivity contribution in [3.8, 4) is 11.8 Å². The number of rotatable bonds is 20. The summed E-state index contributed by atoms with van der Waals surface area (Å²) in [5.74, 6) is 2.94. The molecule has 1 rings (SSSR count). The van der Waals surface area contributed by atoms with Crippen LogP contribution in [-0.4, -0.2) is 35.4 Å². The van der Waals surface area contributed by atoms with Crippen molar-refractivity contribution >= 4 is 11.9 Å². The summed E-state index contributed by atoms with van der Waals surface area (Å²) in [5.41, 5.74) is -0.341. The van der Waals surface area contributed by atoms with Crippen LogP contribution in [0.2, 0.25) is 0 Å². The van der Waals surface area contributed by atoms with Gasteiger partial charge in [0.1, 0.15) is 6.61 Å². The van der Waals surface area contributed by atoms with E-state index in [1.807, 2.05) is 0 Å². The molecule has 5 nitrogen and oxygen atoms in total. The molecule has 0 aliphatic rings. The summed E-state index contributed by atoms with van der Waals surface area (Å²) in [6.45, 7) is 3.10. The predicted molar refractivity (Wildman–Crippen MR) is 138 cm³/mol. The van der Waals surface area contributed by atoms with E-state index in [4.69, 9.17) is 9.84 Å². The second-order valence-corrected chi connectivity index (χ2v) is 9.00. The van der Waals surface area contributed by atoms with Gasteiger partial charge in [-0.15, -0.1) is 0 Å². The van der Waals surface area contributed by atoms with Gasteiger partial charge in [-0.25, -0.2) is 9.59 Å². The van der Waals surface area contributed by atoms with E-state index in [2.05, 4.69) is 18.8 Å². The van der Waals surface area contributed by atoms with Gasteiger partial charge < -0.3 is 14.9 Å². The number of carbonyl (C=O) groups is 2. The maximum Gasteiger partial charge on any atom is 0.337 e. The van der Waals surface area contributed by atoms with E-state index < -0.39 is 11.9 Å². The van der Waals surface area contributed by atoms with Gasteiger partial charge in [0, 0.05) is 12.2 Å². The summed E-state index contributed by atoms with van der Waals surface area (Å²) >= 11 is 0. The zero-order valence-electron chi connectivity index (χ0n) is 21.1. The van der Waals surface area contributed by atoms with Gasteiger partial charge in [-0.05, 0) is 18.6 Å². The van der Waals surface area contributed by atoms with Crippen molar-refractivity contribution in [3.05, 3.63) is 34.9 Å². The number of carboxylic acid groups (broad SMARTS) is 2. The zero-order valence-corrected chi connectivity index (χ0v) is 21.1. The van der Waals surface area contributed by atoms with Crippen LogP contribution in [0.15, 0.2) is 18.2 Å². The smallest absolute Gasteiger partial charge is 0.337 e. The molecule has 34 heavy (non-hydrogen) atoms. The Balaban J connectivity index is 1.99. The Labute approximate surface area is 206 Å². The Morgan fingerprint density at radius 2 is 1.24 bits per heavy atom. The molecule has 0 unspecified atom stereocenters. The normalized spacial score (nSPS) is 10.6. The molecule has 0 saturated heterocycles. The SMILES string of the molecule is CCCCCCCCCCCCCCCCCCOCC#Cc1cccc(C(=O)O)c1C(=O)O. The largest absolute Gasteiger partial charge is 0.478 e. The van der Waals surface area contributed by atoms with Crippen LogP contribution in [0.1, 0.15) is 136 Å². The minimum Gasteiger partial charge on any atom is -0.478 e. The molecule has 1 aromatic carbocycles. The first-order valence-electron chi connectivity index (χ1n) is 13.2. The van der Waals surface area contributed by atoms with Crippen LogP contribution < -0.4 is 0 Å². The highest BCUT2D eigenvalue weighted by atomic mass is 16.5. The summed E-state index contributed by atoms with van der Waals surface area (Å²) in [4.78, 5) is 22.6. The highest BCUT2D eigenvalue weighted by Gasteiger charge is 2.18. The van der Waals surface area contributed by atoms with Crippen molar-refractivity contribution in [1.29, 1.82) is 0 Å². The molecule has 190 valence electrons. The molecule has 0 aliphatic heterocycles. The lowest BCUT2D eigenvalue weighted by Gasteiger charge is -2.04. The molecule has 0 radical (unpaired) electrons. The minimum absolute atomic E-state index is 0.193. The molecule has 0 bridgehead atoms. The zero-order chi connectivity index (χ0) is 24.9. The van der Waals surface area contributed by atoms with Gasteiger partial charge in [-0.2, -0.15) is 0 Å². The fourth-order valence-corrected chi connectivity index (χ4v) is 4.07. The van der Waals surface area contributed by atoms with Crippen molar-refractivity contribution in [2.45, 2.75) is 110 Å². The summed E-state index contributed by atoms with van der Waals surface area (Å²) in [5, 5.41) is 18.4. The number of unbranched alkanes of at least 4 members (excludes halogenated alkanes) is 15. The van der Waals surface area contributed by atoms with Crippen LogP contribution >= 0.6 is 0 Å². The standard InChI is InChI=1S/C29H44O5/c1-2-3-4-5-6-7-8-9-10-11-12-13-14-15-16-17-23-34-24-19-21-25-20-18-22-26(28(30)31)27(25)29(32)33/h18,20,22H,2-17,23-24H2,1H3,(H,30,31)(H,32,33). The van der Waals surface area contributed by atoms with Gasteiger partial charge >= 0.3 is 11.9 Å². The number of benzene rings is 1. The number of aromatic carboxylic acids is 2. The van der Waals surface area contributed by atoms with Crippen LogP contribution in [0.25, 0.3) is 0 Å². The number of carboxylic acids is 2. The molecule has 0 saturated carbocycles. The van der Waals surface area contributed by atoms with Crippen molar-refractivity contribution in [1.82, 2.24) is 0 Å². The van der Waals surface area contributed by atoms with E-state index in [9.17, 15) is 14.7 Å². The van der Waals surface area contributed by atoms with Crippen molar-refractivity contribution in [2.75, 3.05) is 13.2 Å². The summed E-state index contributed by atoms with van der Waals surface area (Å²) in [7, 11) is 0. The van der Waals surface area contributed by atoms with Crippen molar-refractivity contribution < 1.29 is 24.5 Å². The van der Waals surface area contributed by atoms with E-state index in [0.29, 0.717) is 6.61 Å². The molecule has 5 heteroatoms. The van der Waals surface area contributed by atoms with E-state index in [0.717, 1.165) is 12.8 Å². The first-order chi connectivity index (χ1) is 16.6. The molecule has 0 aliphatic carbocycles. The summed E-state index contributed by atoms with van der Waals surface area (Å²) in [6, 6.07) is 4.28. The Hall–Kier alpha value is -2.32. The Kier molecular flexibility index (Phi) is 17.6. The lowest BCUT2D eigenvalue weighted by atomic mass is 10.0. The quantitative estimate of drug-likeness (QED) is 0.150. The fraction of sp³-hybridized carbons (Fsp3) is 0.655. The van der Waals surface area contributed by atoms with Crippen LogP contribution in [0, 0.1) is 11.8 Å². The summed E-state index contributed by atoms with van der Waals surface area (Å²) in [6.07, 6.45) is 21.3. The van der Waals surface area contributed by atoms with Crippen LogP contribution in [-0.2, 0) is 4.74 Å². The van der Waals surface area contributed by atoms with Crippen LogP contribution in [0.4, 0.5) is 0 Å². The van der Waals surface area contributed by atoms with Gasteiger partial charge in [-0.1, -0.05) is 121 Å². The third-order valence-corrected chi connectivity index (χ3v) is 6.05. The third-order valence-electron chi connectivity index (χ3n) is 6.05. The van der Waals surface area contributed by atoms with E-state index in [1.54, 1.807) is 0 Å². The molecule has 0 spiro atoms. The lowest BCUT2D eigenvalue weighted by Crippen LogP contribution is -2.10. The second-order valence-electron chi connectivity index (χ2n) is 9.00. The van der Waals surface area contributed by atoms with Gasteiger partial charge in [0.05, 0.1) is 11.1 Å². The Bertz CT molecular complexity index is 760. The van der Waals surface area contributed by atoms with E-state index in [1.165, 1.54) is 108 Å². The first kappa shape index (κ1) is 29.7. The van der Waals surface area contributed by atoms with Crippen molar-refractivity contribution in [3.63, 3.8) is 0 Å². The second kappa shape index (κ2) is 20.1. The molecule has 0 fully saturated rings. The molecular weight excluding hydrogens is 428 g/mol. The van der Waals surface area contributed by atoms with Gasteiger partial charge in [0.25, 0.3) is 0 Å². The monoisotopic (exact) mass is 472 g/mol. The Morgan fingerprint density at radius 3 is 1.71 bits per heavy atom. The Morgan fingerprint density at radius 1 is 0.735 bits per heavy atom. The van der Waals surface area contributed by atoms with Gasteiger partial charge in [-0.3, -0.25) is 0 Å². The fourth-order valence-electron chi connectivity index (χ4n) is 4.07. The van der Waals surface area contributed by atoms with E-state index >= 15 is 0 Å². The lowest BCUT2D eigenvalue weighted by molar-refractivity contribution is 0.0651. The van der Waals surface area contributed by atoms with Crippen LogP contribution in [0.5, 0.6) is 0 Å². The topological polar surface area (TPSA) is 83.8 Å². The third kappa shape index (κ3) is 14.1. The minimum atomic E-state index is -1.30. The van der Waals surface area contributed by atoms with Crippen LogP contribution in [0.3, 0.4) is 0 Å². The van der Waals surface area contributed by atoms with Gasteiger partial charge in [0.2, 0.25) is 0 Å². The highest BCUT2D eigenvalue weighted by molar-refractivity contribution is 6.03. The summed E-state index contributed by atoms with van der Waals surface area (Å²) < 4.78 is 5.52. The maximum absolute atomic E-state index is 11.4. The number of ether oxygens (including phenoxy) is 1. The molecule has 0 aromatic heterocycles. The average Bonchev–Trinajstić information content (AvgIpc) is 2.82. The molecule has 1 aromatic rings. The molecule has 0 amide bonds. The van der Waals surface area contributed by atoms with Crippen molar-refractivity contribution in [2.24, 2.45) is 0 Å². The molecule has 0 heterocycles. The molecule has 2 N–H and O–H groups in total. The molecular formula is C29H44O5. The highest BCUT2D eigenvalue weighted by Crippen LogP contribution is 2.15. The van der Waals surface area contributed by atoms with Gasteiger partial charge in [0.15, 0.2) is 0 Å². The van der Waals surface area contributed by atoms with E-state index in [-0.39, 0.29) is 23.3 Å².